The summed E-state index contributed by atoms with van der Waals surface area (Å²) in [7, 11) is 6.75. The number of rotatable bonds is 26. The van der Waals surface area contributed by atoms with E-state index in [1.807, 2.05) is 112 Å². The fourth-order valence-electron chi connectivity index (χ4n) is 9.66. The first-order valence-electron chi connectivity index (χ1n) is 23.5. The normalized spacial score (nSPS) is 17.9. The van der Waals surface area contributed by atoms with Crippen LogP contribution in [0.1, 0.15) is 104 Å². The molecular formula is C50H75N7O9. The van der Waals surface area contributed by atoms with Crippen LogP contribution < -0.4 is 10.6 Å². The number of hydrogen-bond acceptors (Lipinski definition) is 12. The SMILES string of the molecule is CC[C@H](C)[C@@H]([C@@H](CC(=O)N1CCC[C@H]1[C@H](OC)[C@@H](C)C(=O)N[C@H](Cc1ccccc1)c1nnc(-c2ccccc2)o1)OC)N(C)[C@H](C(=O)NC(=O)[C@H](C(C)C)N(C)CCCC(=O)O)C(C)C. The summed E-state index contributed by atoms with van der Waals surface area (Å²) < 4.78 is 18.4. The Bertz CT molecular complexity index is 2000. The van der Waals surface area contributed by atoms with Crippen molar-refractivity contribution >= 4 is 29.6 Å². The second-order valence-electron chi connectivity index (χ2n) is 18.6. The zero-order chi connectivity index (χ0) is 48.7. The highest BCUT2D eigenvalue weighted by Gasteiger charge is 2.44. The molecule has 2 heterocycles. The highest BCUT2D eigenvalue weighted by Crippen LogP contribution is 2.31. The third kappa shape index (κ3) is 14.2. The summed E-state index contributed by atoms with van der Waals surface area (Å²) in [5.41, 5.74) is 1.74. The lowest BCUT2D eigenvalue weighted by Gasteiger charge is -2.43. The van der Waals surface area contributed by atoms with E-state index >= 15 is 0 Å². The van der Waals surface area contributed by atoms with E-state index in [9.17, 15) is 24.0 Å². The number of aliphatic carboxylic acids is 1. The van der Waals surface area contributed by atoms with Crippen LogP contribution in [0.2, 0.25) is 0 Å². The van der Waals surface area contributed by atoms with Gasteiger partial charge in [0.1, 0.15) is 6.04 Å². The molecule has 4 amide bonds. The molecule has 1 fully saturated rings. The number of methoxy groups -OCH3 is 2. The van der Waals surface area contributed by atoms with E-state index in [1.165, 1.54) is 0 Å². The van der Waals surface area contributed by atoms with Crippen molar-refractivity contribution in [1.29, 1.82) is 0 Å². The van der Waals surface area contributed by atoms with Crippen LogP contribution in [0.25, 0.3) is 11.5 Å². The minimum absolute atomic E-state index is 0.0162. The van der Waals surface area contributed by atoms with Crippen LogP contribution in [0.5, 0.6) is 0 Å². The van der Waals surface area contributed by atoms with E-state index in [-0.39, 0.29) is 48.3 Å². The molecular weight excluding hydrogens is 843 g/mol. The van der Waals surface area contributed by atoms with E-state index in [2.05, 4.69) is 34.7 Å². The molecule has 1 aliphatic heterocycles. The number of carbonyl (C=O) groups is 5. The molecule has 2 aromatic carbocycles. The number of likely N-dealkylation sites (tertiary alicyclic amines) is 1. The molecule has 9 atom stereocenters. The number of nitrogens with one attached hydrogen (secondary N) is 2. The maximum absolute atomic E-state index is 14.5. The van der Waals surface area contributed by atoms with Gasteiger partial charge in [0.25, 0.3) is 0 Å². The Hall–Kier alpha value is -5.03. The van der Waals surface area contributed by atoms with E-state index in [1.54, 1.807) is 26.2 Å². The van der Waals surface area contributed by atoms with Crippen LogP contribution in [0.4, 0.5) is 0 Å². The predicted molar refractivity (Wildman–Crippen MR) is 252 cm³/mol. The first-order valence-corrected chi connectivity index (χ1v) is 23.5. The fourth-order valence-corrected chi connectivity index (χ4v) is 9.66. The average Bonchev–Trinajstić information content (AvgIpc) is 3.98. The number of hydrogen-bond donors (Lipinski definition) is 3. The summed E-state index contributed by atoms with van der Waals surface area (Å²) in [6.07, 6.45) is 1.62. The number of ether oxygens (including phenoxy) is 2. The summed E-state index contributed by atoms with van der Waals surface area (Å²) in [5.74, 6) is -2.66. The summed E-state index contributed by atoms with van der Waals surface area (Å²) in [4.78, 5) is 73.4. The monoisotopic (exact) mass is 918 g/mol. The number of imide groups is 1. The van der Waals surface area contributed by atoms with Gasteiger partial charge in [-0.25, -0.2) is 0 Å². The van der Waals surface area contributed by atoms with Gasteiger partial charge >= 0.3 is 5.97 Å². The maximum atomic E-state index is 14.5. The van der Waals surface area contributed by atoms with Gasteiger partial charge in [-0.15, -0.1) is 10.2 Å². The van der Waals surface area contributed by atoms with Gasteiger partial charge in [-0.3, -0.25) is 39.1 Å². The van der Waals surface area contributed by atoms with E-state index < -0.39 is 66.1 Å². The largest absolute Gasteiger partial charge is 0.481 e. The Kier molecular flexibility index (Phi) is 20.9. The Labute approximate surface area is 391 Å². The fraction of sp³-hybridized carbons (Fsp3) is 0.620. The molecule has 364 valence electrons. The Morgan fingerprint density at radius 1 is 0.864 bits per heavy atom. The first-order chi connectivity index (χ1) is 31.4. The molecule has 3 N–H and O–H groups in total. The maximum Gasteiger partial charge on any atom is 0.303 e. The quantitative estimate of drug-likeness (QED) is 0.0847. The van der Waals surface area contributed by atoms with Gasteiger partial charge in [-0.1, -0.05) is 103 Å². The van der Waals surface area contributed by atoms with Crippen molar-refractivity contribution in [3.05, 3.63) is 72.1 Å². The van der Waals surface area contributed by atoms with Crippen LogP contribution in [0.3, 0.4) is 0 Å². The van der Waals surface area contributed by atoms with Crippen molar-refractivity contribution in [3.8, 4) is 11.5 Å². The number of carboxylic acids is 1. The third-order valence-corrected chi connectivity index (χ3v) is 13.2. The minimum atomic E-state index is -0.905. The summed E-state index contributed by atoms with van der Waals surface area (Å²) >= 11 is 0. The van der Waals surface area contributed by atoms with E-state index in [0.29, 0.717) is 38.2 Å². The van der Waals surface area contributed by atoms with Gasteiger partial charge in [0.2, 0.25) is 35.4 Å². The molecule has 66 heavy (non-hydrogen) atoms. The molecule has 0 spiro atoms. The van der Waals surface area contributed by atoms with E-state index in [4.69, 9.17) is 19.0 Å². The highest BCUT2D eigenvalue weighted by molar-refractivity contribution is 6.00. The van der Waals surface area contributed by atoms with Crippen molar-refractivity contribution in [2.24, 2.45) is 23.7 Å². The number of benzene rings is 2. The Morgan fingerprint density at radius 3 is 2.06 bits per heavy atom. The molecule has 3 aromatic rings. The van der Waals surface area contributed by atoms with Gasteiger partial charge in [0, 0.05) is 45.2 Å². The molecule has 1 aliphatic rings. The smallest absolute Gasteiger partial charge is 0.303 e. The molecule has 0 aliphatic carbocycles. The van der Waals surface area contributed by atoms with Gasteiger partial charge in [0.05, 0.1) is 42.7 Å². The number of nitrogens with zero attached hydrogens (tertiary/aromatic N) is 5. The first kappa shape index (κ1) is 53.6. The Morgan fingerprint density at radius 2 is 1.48 bits per heavy atom. The summed E-state index contributed by atoms with van der Waals surface area (Å²) in [6.45, 7) is 14.4. The topological polar surface area (TPSA) is 197 Å². The molecule has 0 saturated carbocycles. The van der Waals surface area contributed by atoms with Crippen molar-refractivity contribution in [1.82, 2.24) is 35.5 Å². The lowest BCUT2D eigenvalue weighted by molar-refractivity contribution is -0.144. The standard InChI is InChI=1S/C50H75N7O9/c1-12-33(6)44(56(9)43(32(4)5)48(63)52-47(62)42(31(2)3)55(8)27-20-26-41(59)60)39(64-10)30-40(58)57-28-19-25-38(57)45(65-11)34(7)46(61)51-37(29-35-21-15-13-16-22-35)50-54-53-49(66-50)36-23-17-14-18-24-36/h13-18,21-24,31-34,37-39,42-45H,12,19-20,25-30H2,1-11H3,(H,51,61)(H,59,60)(H,52,62,63)/t33-,34+,37+,38-,39+,42-,43-,44-,45+/m0/s1. The van der Waals surface area contributed by atoms with Crippen LogP contribution in [-0.4, -0.2) is 137 Å². The molecule has 1 aromatic heterocycles. The van der Waals surface area contributed by atoms with Crippen LogP contribution in [0, 0.1) is 23.7 Å². The number of carboxylic acid groups (broad SMARTS) is 1. The van der Waals surface area contributed by atoms with Crippen LogP contribution in [-0.2, 0) is 39.9 Å². The lowest BCUT2D eigenvalue weighted by atomic mass is 9.87. The van der Waals surface area contributed by atoms with Gasteiger partial charge in [0.15, 0.2) is 0 Å². The highest BCUT2D eigenvalue weighted by atomic mass is 16.5. The molecule has 1 saturated heterocycles. The molecule has 0 radical (unpaired) electrons. The van der Waals surface area contributed by atoms with Crippen molar-refractivity contribution in [3.63, 3.8) is 0 Å². The number of carbonyl (C=O) groups excluding carboxylic acids is 4. The average molecular weight is 918 g/mol. The summed E-state index contributed by atoms with van der Waals surface area (Å²) in [5, 5.41) is 23.6. The minimum Gasteiger partial charge on any atom is -0.481 e. The number of aromatic nitrogens is 2. The van der Waals surface area contributed by atoms with Gasteiger partial charge < -0.3 is 29.2 Å². The second-order valence-corrected chi connectivity index (χ2v) is 18.6. The Balaban J connectivity index is 1.51. The second kappa shape index (κ2) is 25.8. The molecule has 16 heteroatoms. The van der Waals surface area contributed by atoms with Crippen LogP contribution in [0.15, 0.2) is 65.1 Å². The molecule has 0 bridgehead atoms. The lowest BCUT2D eigenvalue weighted by Crippen LogP contribution is -2.60. The van der Waals surface area contributed by atoms with E-state index in [0.717, 1.165) is 24.0 Å². The zero-order valence-corrected chi connectivity index (χ0v) is 40.9. The van der Waals surface area contributed by atoms with Gasteiger partial charge in [-0.2, -0.15) is 0 Å². The van der Waals surface area contributed by atoms with Gasteiger partial charge in [-0.05, 0) is 75.4 Å². The molecule has 4 rings (SSSR count). The van der Waals surface area contributed by atoms with Crippen molar-refractivity contribution in [2.75, 3.05) is 41.4 Å². The van der Waals surface area contributed by atoms with Crippen molar-refractivity contribution in [2.45, 2.75) is 136 Å². The molecule has 16 nitrogen and oxygen atoms in total. The zero-order valence-electron chi connectivity index (χ0n) is 40.9. The number of amides is 4. The predicted octanol–water partition coefficient (Wildman–Crippen LogP) is 6.02. The third-order valence-electron chi connectivity index (χ3n) is 13.2. The van der Waals surface area contributed by atoms with Crippen LogP contribution >= 0.6 is 0 Å². The summed E-state index contributed by atoms with van der Waals surface area (Å²) in [6, 6.07) is 16.4. The number of likely N-dealkylation sites (N-methyl/N-ethyl adjacent to an activating group) is 2. The molecule has 0 unspecified atom stereocenters. The van der Waals surface area contributed by atoms with Crippen molar-refractivity contribution < 1.29 is 43.0 Å².